The first kappa shape index (κ1) is 31.1. The number of hydrogen-bond acceptors (Lipinski definition) is 5. The zero-order chi connectivity index (χ0) is 28.8. The fourth-order valence-corrected chi connectivity index (χ4v) is 4.72. The molecule has 0 aliphatic heterocycles. The van der Waals surface area contributed by atoms with Crippen LogP contribution in [0.3, 0.4) is 0 Å². The van der Waals surface area contributed by atoms with Gasteiger partial charge in [-0.25, -0.2) is 4.79 Å². The summed E-state index contributed by atoms with van der Waals surface area (Å²) >= 11 is 0. The second-order valence-electron chi connectivity index (χ2n) is 11.7. The molecule has 2 rings (SSSR count). The van der Waals surface area contributed by atoms with Gasteiger partial charge in [0.15, 0.2) is 0 Å². The summed E-state index contributed by atoms with van der Waals surface area (Å²) in [5.41, 5.74) is 7.29. The van der Waals surface area contributed by atoms with Crippen LogP contribution in [-0.4, -0.2) is 52.4 Å². The van der Waals surface area contributed by atoms with Gasteiger partial charge in [0.2, 0.25) is 17.7 Å². The number of ether oxygens (including phenoxy) is 1. The number of amides is 4. The van der Waals surface area contributed by atoms with E-state index in [2.05, 4.69) is 17.6 Å². The third-order valence-electron chi connectivity index (χ3n) is 6.70. The van der Waals surface area contributed by atoms with E-state index in [0.717, 1.165) is 36.0 Å². The third-order valence-corrected chi connectivity index (χ3v) is 6.70. The number of alkyl carbamates (subject to hydrolysis) is 1. The summed E-state index contributed by atoms with van der Waals surface area (Å²) in [5.74, 6) is -1.10. The first-order valence-electron chi connectivity index (χ1n) is 13.6. The molecular formula is C29H46N4O5. The molecule has 0 spiro atoms. The summed E-state index contributed by atoms with van der Waals surface area (Å²) in [6.07, 6.45) is 1.58. The second kappa shape index (κ2) is 13.1. The molecule has 1 aromatic rings. The van der Waals surface area contributed by atoms with Crippen LogP contribution in [0.1, 0.15) is 96.4 Å². The van der Waals surface area contributed by atoms with Crippen molar-refractivity contribution in [3.8, 4) is 0 Å². The van der Waals surface area contributed by atoms with Gasteiger partial charge in [-0.3, -0.25) is 14.4 Å². The van der Waals surface area contributed by atoms with Crippen LogP contribution in [0, 0.1) is 19.8 Å². The highest BCUT2D eigenvalue weighted by atomic mass is 16.6. The predicted molar refractivity (Wildman–Crippen MR) is 147 cm³/mol. The molecule has 1 aromatic carbocycles. The molecule has 4 amide bonds. The average molecular weight is 531 g/mol. The van der Waals surface area contributed by atoms with E-state index in [-0.39, 0.29) is 36.8 Å². The normalized spacial score (nSPS) is 19.1. The Morgan fingerprint density at radius 2 is 1.76 bits per heavy atom. The van der Waals surface area contributed by atoms with Gasteiger partial charge >= 0.3 is 6.09 Å². The highest BCUT2D eigenvalue weighted by Crippen LogP contribution is 2.41. The van der Waals surface area contributed by atoms with Crippen LogP contribution >= 0.6 is 0 Å². The largest absolute Gasteiger partial charge is 0.444 e. The molecule has 9 nitrogen and oxygen atoms in total. The molecular weight excluding hydrogens is 484 g/mol. The molecule has 38 heavy (non-hydrogen) atoms. The molecule has 0 aromatic heterocycles. The van der Waals surface area contributed by atoms with Gasteiger partial charge in [0.05, 0.1) is 0 Å². The van der Waals surface area contributed by atoms with Crippen molar-refractivity contribution >= 4 is 23.8 Å². The maximum atomic E-state index is 14.2. The van der Waals surface area contributed by atoms with Gasteiger partial charge < -0.3 is 26.0 Å². The molecule has 0 heterocycles. The minimum absolute atomic E-state index is 0.00152. The number of nitrogens with one attached hydrogen (secondary N) is 2. The Labute approximate surface area is 227 Å². The zero-order valence-electron chi connectivity index (χ0n) is 24.2. The van der Waals surface area contributed by atoms with E-state index in [1.165, 1.54) is 0 Å². The highest BCUT2D eigenvalue weighted by Gasteiger charge is 2.48. The van der Waals surface area contributed by atoms with Crippen LogP contribution in [0.25, 0.3) is 0 Å². The van der Waals surface area contributed by atoms with E-state index in [1.54, 1.807) is 25.7 Å². The summed E-state index contributed by atoms with van der Waals surface area (Å²) in [4.78, 5) is 54.0. The van der Waals surface area contributed by atoms with Gasteiger partial charge in [-0.05, 0) is 77.8 Å². The van der Waals surface area contributed by atoms with Crippen molar-refractivity contribution in [2.75, 3.05) is 0 Å². The Bertz CT molecular complexity index is 1020. The van der Waals surface area contributed by atoms with E-state index in [4.69, 9.17) is 10.5 Å². The monoisotopic (exact) mass is 530 g/mol. The Balaban J connectivity index is 2.54. The maximum absolute atomic E-state index is 14.2. The molecule has 1 aliphatic rings. The van der Waals surface area contributed by atoms with Gasteiger partial charge in [-0.1, -0.05) is 44.0 Å². The predicted octanol–water partition coefficient (Wildman–Crippen LogP) is 4.05. The number of nitrogens with zero attached hydrogens (tertiary/aromatic N) is 1. The van der Waals surface area contributed by atoms with Gasteiger partial charge in [0.1, 0.15) is 17.7 Å². The molecule has 1 aliphatic carbocycles. The summed E-state index contributed by atoms with van der Waals surface area (Å²) in [7, 11) is 0. The number of nitrogens with two attached hydrogens (primary N) is 1. The lowest BCUT2D eigenvalue weighted by molar-refractivity contribution is -0.144. The van der Waals surface area contributed by atoms with Gasteiger partial charge in [0.25, 0.3) is 0 Å². The van der Waals surface area contributed by atoms with Crippen molar-refractivity contribution < 1.29 is 23.9 Å². The van der Waals surface area contributed by atoms with Crippen molar-refractivity contribution in [3.05, 3.63) is 34.9 Å². The second-order valence-corrected chi connectivity index (χ2v) is 11.7. The summed E-state index contributed by atoms with van der Waals surface area (Å²) in [6.45, 7) is 15.1. The van der Waals surface area contributed by atoms with E-state index in [9.17, 15) is 19.2 Å². The fraction of sp³-hybridized carbons (Fsp3) is 0.655. The van der Waals surface area contributed by atoms with E-state index in [1.807, 2.05) is 45.9 Å². The summed E-state index contributed by atoms with van der Waals surface area (Å²) < 4.78 is 5.39. The van der Waals surface area contributed by atoms with Gasteiger partial charge in [0, 0.05) is 18.5 Å². The Morgan fingerprint density at radius 1 is 1.13 bits per heavy atom. The fourth-order valence-electron chi connectivity index (χ4n) is 4.72. The van der Waals surface area contributed by atoms with Crippen molar-refractivity contribution in [2.45, 2.75) is 117 Å². The van der Waals surface area contributed by atoms with E-state index in [0.29, 0.717) is 0 Å². The van der Waals surface area contributed by atoms with Crippen LogP contribution in [0.2, 0.25) is 0 Å². The minimum Gasteiger partial charge on any atom is -0.444 e. The molecule has 5 atom stereocenters. The van der Waals surface area contributed by atoms with E-state index < -0.39 is 35.6 Å². The van der Waals surface area contributed by atoms with Gasteiger partial charge in [-0.15, -0.1) is 0 Å². The standard InChI is InChI=1S/C29H46N4O5/c1-9-10-20(5)31-26(35)25(21-12-11-17(2)15-18(21)3)33(23-16-19(23)4)27(36)22(13-14-24(30)34)32-28(37)38-29(6,7)8/h11-12,15,19-20,22-23,25H,9-10,13-14,16H2,1-8H3,(H2,30,34)(H,31,35)(H,32,37). The molecule has 0 radical (unpaired) electrons. The first-order valence-corrected chi connectivity index (χ1v) is 13.6. The minimum atomic E-state index is -1.08. The van der Waals surface area contributed by atoms with Gasteiger partial charge in [-0.2, -0.15) is 0 Å². The third kappa shape index (κ3) is 9.03. The number of carbonyl (C=O) groups is 4. The van der Waals surface area contributed by atoms with Crippen molar-refractivity contribution in [1.29, 1.82) is 0 Å². The lowest BCUT2D eigenvalue weighted by Gasteiger charge is -2.36. The number of carbonyl (C=O) groups excluding carboxylic acids is 4. The Hall–Kier alpha value is -3.10. The topological polar surface area (TPSA) is 131 Å². The van der Waals surface area contributed by atoms with Crippen molar-refractivity contribution in [2.24, 2.45) is 11.7 Å². The van der Waals surface area contributed by atoms with Crippen molar-refractivity contribution in [1.82, 2.24) is 15.5 Å². The van der Waals surface area contributed by atoms with Crippen LogP contribution in [0.15, 0.2) is 18.2 Å². The first-order chi connectivity index (χ1) is 17.6. The Morgan fingerprint density at radius 3 is 2.26 bits per heavy atom. The molecule has 0 bridgehead atoms. The molecule has 0 saturated heterocycles. The molecule has 4 N–H and O–H groups in total. The van der Waals surface area contributed by atoms with Crippen LogP contribution < -0.4 is 16.4 Å². The van der Waals surface area contributed by atoms with E-state index >= 15 is 0 Å². The van der Waals surface area contributed by atoms with Crippen molar-refractivity contribution in [3.63, 3.8) is 0 Å². The maximum Gasteiger partial charge on any atom is 0.408 e. The molecule has 1 saturated carbocycles. The number of benzene rings is 1. The lowest BCUT2D eigenvalue weighted by Crippen LogP contribution is -2.54. The quantitative estimate of drug-likeness (QED) is 0.375. The number of rotatable bonds is 12. The Kier molecular flexibility index (Phi) is 10.7. The van der Waals surface area contributed by atoms with Crippen LogP contribution in [0.4, 0.5) is 4.79 Å². The smallest absolute Gasteiger partial charge is 0.408 e. The highest BCUT2D eigenvalue weighted by molar-refractivity contribution is 5.93. The molecule has 9 heteroatoms. The summed E-state index contributed by atoms with van der Waals surface area (Å²) in [5, 5.41) is 5.74. The van der Waals surface area contributed by atoms with Crippen LogP contribution in [-0.2, 0) is 19.1 Å². The summed E-state index contributed by atoms with van der Waals surface area (Å²) in [6, 6.07) is 3.59. The number of primary amides is 1. The molecule has 1 fully saturated rings. The zero-order valence-corrected chi connectivity index (χ0v) is 24.2. The lowest BCUT2D eigenvalue weighted by atomic mass is 9.95. The average Bonchev–Trinajstić information content (AvgIpc) is 3.49. The number of aryl methyl sites for hydroxylation is 2. The number of hydrogen-bond donors (Lipinski definition) is 3. The SMILES string of the molecule is CCCC(C)NC(=O)C(c1ccc(C)cc1C)N(C(=O)C(CCC(N)=O)NC(=O)OC(C)(C)C)C1CC1C. The van der Waals surface area contributed by atoms with Crippen LogP contribution in [0.5, 0.6) is 0 Å². The molecule has 212 valence electrons. The molecule has 5 unspecified atom stereocenters.